The van der Waals surface area contributed by atoms with E-state index in [1.54, 1.807) is 9.58 Å². The van der Waals surface area contributed by atoms with Crippen molar-refractivity contribution in [3.63, 3.8) is 0 Å². The first kappa shape index (κ1) is 19.4. The van der Waals surface area contributed by atoms with Gasteiger partial charge in [0.1, 0.15) is 0 Å². The van der Waals surface area contributed by atoms with E-state index >= 15 is 0 Å². The van der Waals surface area contributed by atoms with Gasteiger partial charge < -0.3 is 4.90 Å². The molecule has 0 unspecified atom stereocenters. The molecule has 0 atom stereocenters. The molecule has 2 heterocycles. The van der Waals surface area contributed by atoms with Crippen LogP contribution in [-0.4, -0.2) is 52.8 Å². The van der Waals surface area contributed by atoms with Crippen LogP contribution >= 0.6 is 23.7 Å². The molecule has 0 fully saturated rings. The van der Waals surface area contributed by atoms with Crippen LogP contribution in [0, 0.1) is 6.92 Å². The van der Waals surface area contributed by atoms with Gasteiger partial charge in [-0.25, -0.2) is 4.98 Å². The Balaban J connectivity index is 0.00000225. The molecule has 1 amide bonds. The Morgan fingerprint density at radius 1 is 1.24 bits per heavy atom. The van der Waals surface area contributed by atoms with Crippen molar-refractivity contribution < 1.29 is 4.79 Å². The monoisotopic (exact) mass is 379 g/mol. The number of thiazole rings is 1. The summed E-state index contributed by atoms with van der Waals surface area (Å²) in [5.41, 5.74) is 2.27. The second-order valence-corrected chi connectivity index (χ2v) is 7.07. The number of hydrogen-bond donors (Lipinski definition) is 0. The van der Waals surface area contributed by atoms with E-state index in [2.05, 4.69) is 15.0 Å². The Morgan fingerprint density at radius 3 is 2.56 bits per heavy atom. The van der Waals surface area contributed by atoms with Gasteiger partial charge in [0.05, 0.1) is 10.2 Å². The number of rotatable bonds is 5. The van der Waals surface area contributed by atoms with Crippen molar-refractivity contribution >= 4 is 45.0 Å². The number of carbonyl (C=O) groups excluding carboxylic acids is 1. The minimum atomic E-state index is -0.103. The molecule has 0 aliphatic heterocycles. The standard InChI is InChI=1S/C17H21N5OS.ClH/c1-12-11-21(4)19-15(12)16(23)22(10-9-20(2)3)17-18-13-7-5-6-8-14(13)24-17;/h5-8,11H,9-10H2,1-4H3;1H. The van der Waals surface area contributed by atoms with Crippen LogP contribution in [0.5, 0.6) is 0 Å². The molecule has 8 heteroatoms. The van der Waals surface area contributed by atoms with Gasteiger partial charge in [-0.1, -0.05) is 23.5 Å². The van der Waals surface area contributed by atoms with E-state index in [-0.39, 0.29) is 18.3 Å². The zero-order chi connectivity index (χ0) is 17.3. The third-order valence-electron chi connectivity index (χ3n) is 3.74. The van der Waals surface area contributed by atoms with E-state index in [0.29, 0.717) is 17.4 Å². The molecule has 3 aromatic rings. The molecule has 0 radical (unpaired) electrons. The number of para-hydroxylation sites is 1. The zero-order valence-electron chi connectivity index (χ0n) is 14.8. The Bertz CT molecular complexity index is 840. The number of amides is 1. The smallest absolute Gasteiger partial charge is 0.280 e. The second-order valence-electron chi connectivity index (χ2n) is 6.06. The summed E-state index contributed by atoms with van der Waals surface area (Å²) in [5.74, 6) is -0.103. The average Bonchev–Trinajstić information content (AvgIpc) is 3.09. The summed E-state index contributed by atoms with van der Waals surface area (Å²) in [5, 5.41) is 5.04. The van der Waals surface area contributed by atoms with Crippen molar-refractivity contribution in [3.8, 4) is 0 Å². The molecule has 0 bridgehead atoms. The van der Waals surface area contributed by atoms with Crippen LogP contribution in [0.15, 0.2) is 30.5 Å². The summed E-state index contributed by atoms with van der Waals surface area (Å²) in [7, 11) is 5.81. The predicted octanol–water partition coefficient (Wildman–Crippen LogP) is 2.97. The topological polar surface area (TPSA) is 54.3 Å². The molecule has 0 saturated carbocycles. The Hall–Kier alpha value is -1.96. The number of aryl methyl sites for hydroxylation is 2. The fourth-order valence-electron chi connectivity index (χ4n) is 2.51. The maximum atomic E-state index is 13.1. The number of anilines is 1. The lowest BCUT2D eigenvalue weighted by Crippen LogP contribution is -2.37. The first-order valence-corrected chi connectivity index (χ1v) is 8.60. The van der Waals surface area contributed by atoms with Crippen LogP contribution in [-0.2, 0) is 7.05 Å². The van der Waals surface area contributed by atoms with Gasteiger partial charge in [-0.2, -0.15) is 5.10 Å². The SMILES string of the molecule is Cc1cn(C)nc1C(=O)N(CCN(C)C)c1nc2ccccc2s1.Cl. The largest absolute Gasteiger partial charge is 0.308 e. The molecule has 1 aromatic carbocycles. The molecule has 0 saturated heterocycles. The highest BCUT2D eigenvalue weighted by Gasteiger charge is 2.24. The predicted molar refractivity (Wildman–Crippen MR) is 105 cm³/mol. The van der Waals surface area contributed by atoms with E-state index in [9.17, 15) is 4.79 Å². The van der Waals surface area contributed by atoms with Crippen LogP contribution in [0.3, 0.4) is 0 Å². The van der Waals surface area contributed by atoms with Crippen LogP contribution in [0.1, 0.15) is 16.1 Å². The van der Waals surface area contributed by atoms with E-state index in [4.69, 9.17) is 0 Å². The molecule has 0 aliphatic rings. The van der Waals surface area contributed by atoms with Crippen LogP contribution in [0.25, 0.3) is 10.2 Å². The number of hydrogen-bond acceptors (Lipinski definition) is 5. The summed E-state index contributed by atoms with van der Waals surface area (Å²) < 4.78 is 2.75. The summed E-state index contributed by atoms with van der Waals surface area (Å²) in [4.78, 5) is 21.5. The number of carbonyl (C=O) groups is 1. The molecule has 2 aromatic heterocycles. The fraction of sp³-hybridized carbons (Fsp3) is 0.353. The number of fused-ring (bicyclic) bond motifs is 1. The van der Waals surface area contributed by atoms with Crippen LogP contribution < -0.4 is 4.90 Å². The summed E-state index contributed by atoms with van der Waals surface area (Å²) in [6, 6.07) is 7.94. The molecule has 3 rings (SSSR count). The van der Waals surface area contributed by atoms with Gasteiger partial charge in [0.15, 0.2) is 10.8 Å². The maximum absolute atomic E-state index is 13.1. The Kier molecular flexibility index (Phi) is 6.16. The van der Waals surface area contributed by atoms with E-state index in [1.807, 2.05) is 58.5 Å². The Morgan fingerprint density at radius 2 is 1.96 bits per heavy atom. The van der Waals surface area contributed by atoms with Crippen molar-refractivity contribution in [2.75, 3.05) is 32.1 Å². The van der Waals surface area contributed by atoms with Crippen molar-refractivity contribution in [1.29, 1.82) is 0 Å². The van der Waals surface area contributed by atoms with Crippen molar-refractivity contribution in [2.24, 2.45) is 7.05 Å². The van der Waals surface area contributed by atoms with Crippen LogP contribution in [0.2, 0.25) is 0 Å². The van der Waals surface area contributed by atoms with Gasteiger partial charge in [-0.15, -0.1) is 12.4 Å². The van der Waals surface area contributed by atoms with E-state index in [0.717, 1.165) is 22.3 Å². The molecule has 6 nitrogen and oxygen atoms in total. The van der Waals surface area contributed by atoms with Gasteiger partial charge in [-0.3, -0.25) is 14.4 Å². The third-order valence-corrected chi connectivity index (χ3v) is 4.80. The first-order chi connectivity index (χ1) is 11.5. The van der Waals surface area contributed by atoms with Gasteiger partial charge >= 0.3 is 0 Å². The lowest BCUT2D eigenvalue weighted by Gasteiger charge is -2.21. The lowest BCUT2D eigenvalue weighted by atomic mass is 10.2. The minimum Gasteiger partial charge on any atom is -0.308 e. The van der Waals surface area contributed by atoms with Crippen LogP contribution in [0.4, 0.5) is 5.13 Å². The third kappa shape index (κ3) is 4.18. The fourth-order valence-corrected chi connectivity index (χ4v) is 3.50. The quantitative estimate of drug-likeness (QED) is 0.683. The zero-order valence-corrected chi connectivity index (χ0v) is 16.4. The lowest BCUT2D eigenvalue weighted by molar-refractivity contribution is 0.0979. The molecule has 25 heavy (non-hydrogen) atoms. The normalized spacial score (nSPS) is 10.9. The molecular weight excluding hydrogens is 358 g/mol. The van der Waals surface area contributed by atoms with E-state index in [1.165, 1.54) is 11.3 Å². The molecule has 0 N–H and O–H groups in total. The highest BCUT2D eigenvalue weighted by molar-refractivity contribution is 7.22. The summed E-state index contributed by atoms with van der Waals surface area (Å²) >= 11 is 1.53. The van der Waals surface area contributed by atoms with Gasteiger partial charge in [-0.05, 0) is 33.2 Å². The summed E-state index contributed by atoms with van der Waals surface area (Å²) in [6.45, 7) is 3.23. The molecule has 0 spiro atoms. The highest BCUT2D eigenvalue weighted by atomic mass is 35.5. The van der Waals surface area contributed by atoms with E-state index < -0.39 is 0 Å². The Labute approximate surface area is 157 Å². The summed E-state index contributed by atoms with van der Waals surface area (Å²) in [6.07, 6.45) is 1.86. The molecule has 0 aliphatic carbocycles. The second kappa shape index (κ2) is 7.95. The first-order valence-electron chi connectivity index (χ1n) is 7.78. The highest BCUT2D eigenvalue weighted by Crippen LogP contribution is 2.29. The number of benzene rings is 1. The van der Waals surface area contributed by atoms with Gasteiger partial charge in [0, 0.05) is 31.9 Å². The van der Waals surface area contributed by atoms with Crippen molar-refractivity contribution in [3.05, 3.63) is 41.7 Å². The van der Waals surface area contributed by atoms with Crippen molar-refractivity contribution in [1.82, 2.24) is 19.7 Å². The number of aromatic nitrogens is 3. The van der Waals surface area contributed by atoms with Crippen molar-refractivity contribution in [2.45, 2.75) is 6.92 Å². The number of likely N-dealkylation sites (N-methyl/N-ethyl adjacent to an activating group) is 1. The molecule has 134 valence electrons. The molecular formula is C17H22ClN5OS. The van der Waals surface area contributed by atoms with Gasteiger partial charge in [0.2, 0.25) is 0 Å². The average molecular weight is 380 g/mol. The number of halogens is 1. The maximum Gasteiger partial charge on any atom is 0.280 e. The van der Waals surface area contributed by atoms with Gasteiger partial charge in [0.25, 0.3) is 5.91 Å². The minimum absolute atomic E-state index is 0. The number of nitrogens with zero attached hydrogens (tertiary/aromatic N) is 5.